The highest BCUT2D eigenvalue weighted by Crippen LogP contribution is 2.67. The standard InChI is InChI=1S/C61H38N2O2/c1-3-17-39(18-4-1)40-19-15-22-42(37-40)62(43-33-35-54-48(38-43)46-25-10-14-30-53(46)63(54)41-20-5-2-6-21-41)55-31-16-32-56-59(55)65-60-57(64-56)36-34-52-58(60)47-26-9-13-29-51(47)61(52)49-27-11-7-23-44(49)45-24-8-12-28-50(45)61/h1-38H. The number of rotatable bonds is 5. The molecule has 65 heavy (non-hydrogen) atoms. The number of anilines is 3. The van der Waals surface area contributed by atoms with E-state index in [0.717, 1.165) is 67.2 Å². The van der Waals surface area contributed by atoms with Crippen molar-refractivity contribution in [1.82, 2.24) is 4.57 Å². The second-order valence-corrected chi connectivity index (χ2v) is 17.2. The van der Waals surface area contributed by atoms with E-state index in [1.165, 1.54) is 38.8 Å². The number of aromatic nitrogens is 1. The average Bonchev–Trinajstić information content (AvgIpc) is 3.98. The van der Waals surface area contributed by atoms with E-state index < -0.39 is 5.41 Å². The second-order valence-electron chi connectivity index (χ2n) is 17.2. The van der Waals surface area contributed by atoms with Crippen molar-refractivity contribution >= 4 is 38.9 Å². The molecule has 10 aromatic carbocycles. The summed E-state index contributed by atoms with van der Waals surface area (Å²) >= 11 is 0. The maximum absolute atomic E-state index is 7.47. The van der Waals surface area contributed by atoms with Crippen LogP contribution >= 0.6 is 0 Å². The predicted molar refractivity (Wildman–Crippen MR) is 264 cm³/mol. The molecular formula is C61H38N2O2. The Hall–Kier alpha value is -8.60. The Morgan fingerprint density at radius 1 is 0.369 bits per heavy atom. The fourth-order valence-corrected chi connectivity index (χ4v) is 11.2. The molecule has 0 radical (unpaired) electrons. The molecule has 0 unspecified atom stereocenters. The number of fused-ring (bicyclic) bond motifs is 16. The fraction of sp³-hybridized carbons (Fsp3) is 0.0164. The molecule has 4 heteroatoms. The largest absolute Gasteiger partial charge is 0.449 e. The monoisotopic (exact) mass is 830 g/mol. The van der Waals surface area contributed by atoms with E-state index >= 15 is 0 Å². The SMILES string of the molecule is c1ccc(-c2cccc(N(c3ccc4c(c3)c3ccccc3n4-c3ccccc3)c3cccc4c3Oc3c(ccc5c3-c3ccccc3C53c5ccccc5-c5ccccc53)O4)c2)cc1. The summed E-state index contributed by atoms with van der Waals surface area (Å²) in [7, 11) is 0. The molecular weight excluding hydrogens is 793 g/mol. The Balaban J connectivity index is 0.989. The number of hydrogen-bond donors (Lipinski definition) is 0. The summed E-state index contributed by atoms with van der Waals surface area (Å²) in [4.78, 5) is 2.33. The summed E-state index contributed by atoms with van der Waals surface area (Å²) in [5, 5.41) is 2.35. The molecule has 0 N–H and O–H groups in total. The van der Waals surface area contributed by atoms with Crippen LogP contribution in [-0.4, -0.2) is 4.57 Å². The second kappa shape index (κ2) is 13.7. The van der Waals surface area contributed by atoms with Gasteiger partial charge in [0.15, 0.2) is 23.0 Å². The van der Waals surface area contributed by atoms with E-state index in [0.29, 0.717) is 17.2 Å². The van der Waals surface area contributed by atoms with Gasteiger partial charge in [-0.05, 0) is 117 Å². The van der Waals surface area contributed by atoms with Gasteiger partial charge in [0.05, 0.1) is 22.1 Å². The Bertz CT molecular complexity index is 3690. The highest BCUT2D eigenvalue weighted by Gasteiger charge is 2.53. The zero-order chi connectivity index (χ0) is 42.6. The molecule has 1 spiro atoms. The normalized spacial score (nSPS) is 13.3. The van der Waals surface area contributed by atoms with Crippen molar-refractivity contribution in [2.45, 2.75) is 5.41 Å². The number of para-hydroxylation sites is 3. The van der Waals surface area contributed by atoms with Crippen molar-refractivity contribution in [3.63, 3.8) is 0 Å². The van der Waals surface area contributed by atoms with E-state index in [1.54, 1.807) is 0 Å². The summed E-state index contributed by atoms with van der Waals surface area (Å²) in [6, 6.07) is 82.8. The van der Waals surface area contributed by atoms with Crippen LogP contribution < -0.4 is 14.4 Å². The van der Waals surface area contributed by atoms with Crippen LogP contribution in [0, 0.1) is 0 Å². The average molecular weight is 831 g/mol. The highest BCUT2D eigenvalue weighted by atomic mass is 16.6. The first-order valence-electron chi connectivity index (χ1n) is 22.3. The van der Waals surface area contributed by atoms with E-state index in [1.807, 2.05) is 6.07 Å². The lowest BCUT2D eigenvalue weighted by Gasteiger charge is -2.32. The number of benzene rings is 10. The maximum atomic E-state index is 7.47. The molecule has 1 aromatic heterocycles. The van der Waals surface area contributed by atoms with Gasteiger partial charge >= 0.3 is 0 Å². The van der Waals surface area contributed by atoms with Crippen LogP contribution in [-0.2, 0) is 5.41 Å². The lowest BCUT2D eigenvalue weighted by atomic mass is 9.70. The quantitative estimate of drug-likeness (QED) is 0.173. The number of hydrogen-bond acceptors (Lipinski definition) is 3. The van der Waals surface area contributed by atoms with E-state index in [4.69, 9.17) is 9.47 Å². The molecule has 4 nitrogen and oxygen atoms in total. The van der Waals surface area contributed by atoms with Crippen molar-refractivity contribution in [3.8, 4) is 62.1 Å². The van der Waals surface area contributed by atoms with Crippen LogP contribution in [0.5, 0.6) is 23.0 Å². The van der Waals surface area contributed by atoms with E-state index in [9.17, 15) is 0 Å². The highest BCUT2D eigenvalue weighted by molar-refractivity contribution is 6.11. The van der Waals surface area contributed by atoms with Gasteiger partial charge in [-0.25, -0.2) is 0 Å². The Labute approximate surface area is 376 Å². The summed E-state index contributed by atoms with van der Waals surface area (Å²) in [6.45, 7) is 0. The van der Waals surface area contributed by atoms with Gasteiger partial charge in [-0.1, -0.05) is 164 Å². The molecule has 2 heterocycles. The minimum atomic E-state index is -0.504. The van der Waals surface area contributed by atoms with Crippen molar-refractivity contribution in [2.24, 2.45) is 0 Å². The molecule has 1 aliphatic heterocycles. The summed E-state index contributed by atoms with van der Waals surface area (Å²) in [6.07, 6.45) is 0. The first kappa shape index (κ1) is 35.9. The van der Waals surface area contributed by atoms with Crippen molar-refractivity contribution < 1.29 is 9.47 Å². The molecule has 0 fully saturated rings. The molecule has 304 valence electrons. The molecule has 14 rings (SSSR count). The molecule has 11 aromatic rings. The Morgan fingerprint density at radius 3 is 1.75 bits per heavy atom. The van der Waals surface area contributed by atoms with Crippen molar-refractivity contribution in [1.29, 1.82) is 0 Å². The minimum Gasteiger partial charge on any atom is -0.449 e. The Morgan fingerprint density at radius 2 is 0.969 bits per heavy atom. The minimum absolute atomic E-state index is 0.504. The van der Waals surface area contributed by atoms with Crippen LogP contribution in [0.2, 0.25) is 0 Å². The van der Waals surface area contributed by atoms with E-state index in [-0.39, 0.29) is 0 Å². The zero-order valence-electron chi connectivity index (χ0n) is 35.2. The van der Waals surface area contributed by atoms with Crippen LogP contribution in [0.25, 0.3) is 60.9 Å². The summed E-state index contributed by atoms with van der Waals surface area (Å²) in [5.41, 5.74) is 17.9. The first-order chi connectivity index (χ1) is 32.3. The third-order valence-corrected chi connectivity index (χ3v) is 13.8. The van der Waals surface area contributed by atoms with Gasteiger partial charge < -0.3 is 18.9 Å². The summed E-state index contributed by atoms with van der Waals surface area (Å²) < 4.78 is 16.8. The first-order valence-corrected chi connectivity index (χ1v) is 22.3. The van der Waals surface area contributed by atoms with Crippen LogP contribution in [0.4, 0.5) is 17.1 Å². The lowest BCUT2D eigenvalue weighted by molar-refractivity contribution is 0.361. The molecule has 0 bridgehead atoms. The van der Waals surface area contributed by atoms with Gasteiger partial charge in [-0.3, -0.25) is 0 Å². The van der Waals surface area contributed by atoms with Gasteiger partial charge in [-0.15, -0.1) is 0 Å². The third-order valence-electron chi connectivity index (χ3n) is 13.8. The molecule has 0 saturated carbocycles. The number of nitrogens with zero attached hydrogens (tertiary/aromatic N) is 2. The Kier molecular flexibility index (Phi) is 7.57. The smallest absolute Gasteiger partial charge is 0.194 e. The topological polar surface area (TPSA) is 26.6 Å². The molecule has 3 aliphatic rings. The summed E-state index contributed by atoms with van der Waals surface area (Å²) in [5.74, 6) is 2.76. The van der Waals surface area contributed by atoms with Crippen LogP contribution in [0.3, 0.4) is 0 Å². The van der Waals surface area contributed by atoms with Gasteiger partial charge in [0, 0.05) is 33.4 Å². The van der Waals surface area contributed by atoms with Crippen molar-refractivity contribution in [3.05, 3.63) is 253 Å². The lowest BCUT2D eigenvalue weighted by Crippen LogP contribution is -2.25. The van der Waals surface area contributed by atoms with Gasteiger partial charge in [-0.2, -0.15) is 0 Å². The molecule has 2 aliphatic carbocycles. The number of ether oxygens (including phenoxy) is 2. The van der Waals surface area contributed by atoms with Gasteiger partial charge in [0.1, 0.15) is 0 Å². The van der Waals surface area contributed by atoms with Gasteiger partial charge in [0.25, 0.3) is 0 Å². The van der Waals surface area contributed by atoms with Crippen LogP contribution in [0.1, 0.15) is 22.3 Å². The molecule has 0 saturated heterocycles. The molecule has 0 amide bonds. The van der Waals surface area contributed by atoms with Gasteiger partial charge in [0.2, 0.25) is 0 Å². The van der Waals surface area contributed by atoms with Crippen molar-refractivity contribution in [2.75, 3.05) is 4.90 Å². The predicted octanol–water partition coefficient (Wildman–Crippen LogP) is 16.2. The fourth-order valence-electron chi connectivity index (χ4n) is 11.2. The zero-order valence-corrected chi connectivity index (χ0v) is 35.2. The molecule has 0 atom stereocenters. The van der Waals surface area contributed by atoms with E-state index in [2.05, 4.69) is 234 Å². The third kappa shape index (κ3) is 5.02. The maximum Gasteiger partial charge on any atom is 0.194 e. The van der Waals surface area contributed by atoms with Crippen LogP contribution in [0.15, 0.2) is 231 Å².